The third-order valence-electron chi connectivity index (χ3n) is 2.14. The maximum atomic E-state index is 9.08. The molecule has 14 heavy (non-hydrogen) atoms. The molecule has 0 unspecified atom stereocenters. The summed E-state index contributed by atoms with van der Waals surface area (Å²) in [6, 6.07) is 3.41. The Morgan fingerprint density at radius 3 is 1.79 bits per heavy atom. The highest BCUT2D eigenvalue weighted by molar-refractivity contribution is 5.57. The first-order valence-corrected chi connectivity index (χ1v) is 4.36. The summed E-state index contributed by atoms with van der Waals surface area (Å²) in [5.41, 5.74) is 2.78. The highest BCUT2D eigenvalue weighted by Gasteiger charge is 2.06. The Hall–Kier alpha value is -1.16. The summed E-state index contributed by atoms with van der Waals surface area (Å²) in [5.74, 6) is 0. The molecule has 0 saturated carbocycles. The fourth-order valence-corrected chi connectivity index (χ4v) is 1.47. The minimum atomic E-state index is -0.123. The van der Waals surface area contributed by atoms with Gasteiger partial charge < -0.3 is 15.3 Å². The van der Waals surface area contributed by atoms with Crippen LogP contribution in [0.25, 0.3) is 6.08 Å². The maximum Gasteiger partial charge on any atom is 0.0687 e. The van der Waals surface area contributed by atoms with Gasteiger partial charge in [-0.2, -0.15) is 0 Å². The standard InChI is InChI=1S/C11H14O3/c1-2-11-9(6-13)3-8(5-12)4-10(11)7-14/h2-4,12-14H,1,5-7H2. The van der Waals surface area contributed by atoms with E-state index < -0.39 is 0 Å². The zero-order valence-electron chi connectivity index (χ0n) is 7.90. The number of aliphatic hydroxyl groups excluding tert-OH is 3. The van der Waals surface area contributed by atoms with Gasteiger partial charge in [0, 0.05) is 0 Å². The van der Waals surface area contributed by atoms with E-state index in [1.165, 1.54) is 0 Å². The number of hydrogen-bond acceptors (Lipinski definition) is 3. The van der Waals surface area contributed by atoms with Crippen LogP contribution in [0, 0.1) is 0 Å². The van der Waals surface area contributed by atoms with Crippen LogP contribution in [0.5, 0.6) is 0 Å². The molecule has 0 saturated heterocycles. The molecule has 0 aliphatic heterocycles. The minimum Gasteiger partial charge on any atom is -0.392 e. The first-order valence-electron chi connectivity index (χ1n) is 4.36. The quantitative estimate of drug-likeness (QED) is 0.664. The van der Waals surface area contributed by atoms with E-state index in [-0.39, 0.29) is 19.8 Å². The maximum absolute atomic E-state index is 9.08. The molecule has 0 fully saturated rings. The van der Waals surface area contributed by atoms with Crippen LogP contribution in [0.15, 0.2) is 18.7 Å². The molecule has 0 radical (unpaired) electrons. The van der Waals surface area contributed by atoms with Gasteiger partial charge in [0.1, 0.15) is 0 Å². The van der Waals surface area contributed by atoms with Crippen LogP contribution in [0.3, 0.4) is 0 Å². The highest BCUT2D eigenvalue weighted by atomic mass is 16.3. The molecular formula is C11H14O3. The summed E-state index contributed by atoms with van der Waals surface area (Å²) < 4.78 is 0. The minimum absolute atomic E-state index is 0.0998. The Bertz CT molecular complexity index is 306. The van der Waals surface area contributed by atoms with Crippen LogP contribution in [0.4, 0.5) is 0 Å². The summed E-state index contributed by atoms with van der Waals surface area (Å²) in [6.07, 6.45) is 1.60. The normalized spacial score (nSPS) is 10.2. The molecule has 0 aliphatic carbocycles. The fourth-order valence-electron chi connectivity index (χ4n) is 1.47. The predicted octanol–water partition coefficient (Wildman–Crippen LogP) is 0.806. The fraction of sp³-hybridized carbons (Fsp3) is 0.273. The lowest BCUT2D eigenvalue weighted by Crippen LogP contribution is -1.99. The Kier molecular flexibility index (Phi) is 3.83. The van der Waals surface area contributed by atoms with Crippen molar-refractivity contribution in [2.75, 3.05) is 0 Å². The molecule has 1 rings (SSSR count). The Morgan fingerprint density at radius 1 is 1.00 bits per heavy atom. The van der Waals surface area contributed by atoms with Gasteiger partial charge in [-0.05, 0) is 22.3 Å². The monoisotopic (exact) mass is 194 g/mol. The van der Waals surface area contributed by atoms with Crippen LogP contribution in [-0.4, -0.2) is 15.3 Å². The molecule has 3 N–H and O–H groups in total. The Balaban J connectivity index is 3.31. The molecule has 0 atom stereocenters. The highest BCUT2D eigenvalue weighted by Crippen LogP contribution is 2.19. The largest absolute Gasteiger partial charge is 0.392 e. The van der Waals surface area contributed by atoms with E-state index in [0.29, 0.717) is 16.7 Å². The third-order valence-corrected chi connectivity index (χ3v) is 2.14. The lowest BCUT2D eigenvalue weighted by molar-refractivity contribution is 0.268. The number of rotatable bonds is 4. The SMILES string of the molecule is C=Cc1c(CO)cc(CO)cc1CO. The van der Waals surface area contributed by atoms with Crippen LogP contribution < -0.4 is 0 Å². The van der Waals surface area contributed by atoms with Crippen LogP contribution in [0.2, 0.25) is 0 Å². The lowest BCUT2D eigenvalue weighted by atomic mass is 9.98. The van der Waals surface area contributed by atoms with Crippen molar-refractivity contribution in [1.29, 1.82) is 0 Å². The van der Waals surface area contributed by atoms with E-state index in [9.17, 15) is 0 Å². The van der Waals surface area contributed by atoms with Gasteiger partial charge in [-0.15, -0.1) is 0 Å². The van der Waals surface area contributed by atoms with Gasteiger partial charge in [-0.3, -0.25) is 0 Å². The number of hydrogen-bond donors (Lipinski definition) is 3. The Labute approximate surface area is 82.9 Å². The first kappa shape index (κ1) is 10.9. The van der Waals surface area contributed by atoms with Crippen molar-refractivity contribution in [1.82, 2.24) is 0 Å². The first-order chi connectivity index (χ1) is 6.76. The van der Waals surface area contributed by atoms with Crippen molar-refractivity contribution in [2.45, 2.75) is 19.8 Å². The zero-order valence-corrected chi connectivity index (χ0v) is 7.90. The zero-order chi connectivity index (χ0) is 10.6. The van der Waals surface area contributed by atoms with E-state index in [1.807, 2.05) is 0 Å². The van der Waals surface area contributed by atoms with E-state index >= 15 is 0 Å². The van der Waals surface area contributed by atoms with Gasteiger partial charge in [0.15, 0.2) is 0 Å². The number of benzene rings is 1. The average Bonchev–Trinajstić information content (AvgIpc) is 2.26. The molecule has 3 nitrogen and oxygen atoms in total. The number of aliphatic hydroxyl groups is 3. The van der Waals surface area contributed by atoms with E-state index in [0.717, 1.165) is 5.56 Å². The second kappa shape index (κ2) is 4.91. The summed E-state index contributed by atoms with van der Waals surface area (Å²) in [7, 11) is 0. The van der Waals surface area contributed by atoms with Crippen molar-refractivity contribution < 1.29 is 15.3 Å². The van der Waals surface area contributed by atoms with E-state index in [4.69, 9.17) is 15.3 Å². The van der Waals surface area contributed by atoms with Gasteiger partial charge in [-0.25, -0.2) is 0 Å². The van der Waals surface area contributed by atoms with Gasteiger partial charge in [0.25, 0.3) is 0 Å². The summed E-state index contributed by atoms with van der Waals surface area (Å²) in [6.45, 7) is 3.27. The van der Waals surface area contributed by atoms with Gasteiger partial charge in [0.2, 0.25) is 0 Å². The van der Waals surface area contributed by atoms with Crippen LogP contribution in [0.1, 0.15) is 22.3 Å². The van der Waals surface area contributed by atoms with Crippen LogP contribution >= 0.6 is 0 Å². The van der Waals surface area contributed by atoms with Crippen molar-refractivity contribution in [3.8, 4) is 0 Å². The molecule has 3 heteroatoms. The van der Waals surface area contributed by atoms with Crippen molar-refractivity contribution in [2.24, 2.45) is 0 Å². The molecule has 0 heterocycles. The molecule has 0 aromatic heterocycles. The second-order valence-corrected chi connectivity index (χ2v) is 3.01. The molecule has 76 valence electrons. The second-order valence-electron chi connectivity index (χ2n) is 3.01. The third kappa shape index (κ3) is 2.01. The van der Waals surface area contributed by atoms with Crippen LogP contribution in [-0.2, 0) is 19.8 Å². The predicted molar refractivity (Wildman–Crippen MR) is 54.3 cm³/mol. The van der Waals surface area contributed by atoms with Gasteiger partial charge in [-0.1, -0.05) is 24.8 Å². The molecule has 0 aliphatic rings. The molecule has 1 aromatic carbocycles. The summed E-state index contributed by atoms with van der Waals surface area (Å²) >= 11 is 0. The van der Waals surface area contributed by atoms with Gasteiger partial charge >= 0.3 is 0 Å². The van der Waals surface area contributed by atoms with Crippen molar-refractivity contribution in [3.63, 3.8) is 0 Å². The smallest absolute Gasteiger partial charge is 0.0687 e. The molecular weight excluding hydrogens is 180 g/mol. The van der Waals surface area contributed by atoms with E-state index in [2.05, 4.69) is 6.58 Å². The average molecular weight is 194 g/mol. The molecule has 0 bridgehead atoms. The van der Waals surface area contributed by atoms with Crippen molar-refractivity contribution >= 4 is 6.08 Å². The molecule has 1 aromatic rings. The van der Waals surface area contributed by atoms with Gasteiger partial charge in [0.05, 0.1) is 19.8 Å². The van der Waals surface area contributed by atoms with E-state index in [1.54, 1.807) is 18.2 Å². The molecule has 0 spiro atoms. The summed E-state index contributed by atoms with van der Waals surface area (Å²) in [5, 5.41) is 27.1. The lowest BCUT2D eigenvalue weighted by Gasteiger charge is -2.10. The topological polar surface area (TPSA) is 60.7 Å². The van der Waals surface area contributed by atoms with Crippen molar-refractivity contribution in [3.05, 3.63) is 41.0 Å². The Morgan fingerprint density at radius 2 is 1.50 bits per heavy atom. The summed E-state index contributed by atoms with van der Waals surface area (Å²) in [4.78, 5) is 0. The molecule has 0 amide bonds.